The van der Waals surface area contributed by atoms with Crippen molar-refractivity contribution in [2.45, 2.75) is 0 Å². The van der Waals surface area contributed by atoms with Gasteiger partial charge < -0.3 is 10.5 Å². The quantitative estimate of drug-likeness (QED) is 0.865. The van der Waals surface area contributed by atoms with Gasteiger partial charge in [0, 0.05) is 23.5 Å². The lowest BCUT2D eigenvalue weighted by molar-refractivity contribution is 0.397. The van der Waals surface area contributed by atoms with Gasteiger partial charge in [0.05, 0.1) is 7.11 Å². The Kier molecular flexibility index (Phi) is 3.26. The minimum Gasteiger partial charge on any atom is -0.480 e. The number of pyridine rings is 2. The molecule has 19 heavy (non-hydrogen) atoms. The first kappa shape index (κ1) is 12.3. The van der Waals surface area contributed by atoms with E-state index in [9.17, 15) is 10.5 Å². The Bertz CT molecular complexity index is 698. The van der Waals surface area contributed by atoms with Gasteiger partial charge in [-0.15, -0.1) is 0 Å². The van der Waals surface area contributed by atoms with Gasteiger partial charge in [-0.1, -0.05) is 6.07 Å². The van der Waals surface area contributed by atoms with Crippen LogP contribution in [0, 0.1) is 22.7 Å². The first-order valence-corrected chi connectivity index (χ1v) is 5.31. The van der Waals surface area contributed by atoms with Gasteiger partial charge in [-0.05, 0) is 6.07 Å². The standard InChI is InChI=1S/C13H9N5O/c1-19-13-10(6-15)11(8-3-2-4-17-7-8)9(5-14)12(16)18-13/h2-4,7H,1H3,(H2,16,18). The zero-order valence-corrected chi connectivity index (χ0v) is 10.1. The molecule has 2 N–H and O–H groups in total. The molecule has 0 saturated heterocycles. The summed E-state index contributed by atoms with van der Waals surface area (Å²) in [5, 5.41) is 18.5. The molecule has 2 aromatic rings. The number of aromatic nitrogens is 2. The number of ether oxygens (including phenoxy) is 1. The maximum atomic E-state index is 9.26. The number of nitrogens with two attached hydrogens (primary N) is 1. The highest BCUT2D eigenvalue weighted by Gasteiger charge is 2.20. The van der Waals surface area contributed by atoms with Crippen molar-refractivity contribution in [2.75, 3.05) is 12.8 Å². The number of hydrogen-bond donors (Lipinski definition) is 1. The third kappa shape index (κ3) is 2.03. The Morgan fingerprint density at radius 3 is 2.53 bits per heavy atom. The lowest BCUT2D eigenvalue weighted by Gasteiger charge is -2.11. The number of nitrogens with zero attached hydrogens (tertiary/aromatic N) is 4. The minimum atomic E-state index is 0.0252. The van der Waals surface area contributed by atoms with E-state index >= 15 is 0 Å². The lowest BCUT2D eigenvalue weighted by atomic mass is 9.98. The van der Waals surface area contributed by atoms with Crippen LogP contribution in [0.2, 0.25) is 0 Å². The van der Waals surface area contributed by atoms with E-state index in [2.05, 4.69) is 9.97 Å². The molecular formula is C13H9N5O. The van der Waals surface area contributed by atoms with Crippen LogP contribution < -0.4 is 10.5 Å². The topological polar surface area (TPSA) is 109 Å². The SMILES string of the molecule is COc1nc(N)c(C#N)c(-c2cccnc2)c1C#N. The van der Waals surface area contributed by atoms with E-state index in [1.165, 1.54) is 7.11 Å². The van der Waals surface area contributed by atoms with E-state index < -0.39 is 0 Å². The fourth-order valence-electron chi connectivity index (χ4n) is 1.75. The van der Waals surface area contributed by atoms with Gasteiger partial charge in [0.2, 0.25) is 5.88 Å². The van der Waals surface area contributed by atoms with Crippen molar-refractivity contribution >= 4 is 5.82 Å². The van der Waals surface area contributed by atoms with Crippen LogP contribution in [0.5, 0.6) is 5.88 Å². The Morgan fingerprint density at radius 1 is 1.26 bits per heavy atom. The average molecular weight is 251 g/mol. The van der Waals surface area contributed by atoms with E-state index in [0.29, 0.717) is 11.1 Å². The summed E-state index contributed by atoms with van der Waals surface area (Å²) in [6.45, 7) is 0. The van der Waals surface area contributed by atoms with Crippen LogP contribution in [-0.2, 0) is 0 Å². The van der Waals surface area contributed by atoms with Crippen LogP contribution >= 0.6 is 0 Å². The number of methoxy groups -OCH3 is 1. The summed E-state index contributed by atoms with van der Waals surface area (Å²) in [5.74, 6) is 0.120. The summed E-state index contributed by atoms with van der Waals surface area (Å²) in [7, 11) is 1.39. The molecule has 0 spiro atoms. The van der Waals surface area contributed by atoms with Gasteiger partial charge in [0.15, 0.2) is 0 Å². The van der Waals surface area contributed by atoms with E-state index in [1.54, 1.807) is 24.5 Å². The van der Waals surface area contributed by atoms with Crippen molar-refractivity contribution in [1.29, 1.82) is 10.5 Å². The maximum Gasteiger partial charge on any atom is 0.234 e. The van der Waals surface area contributed by atoms with Crippen LogP contribution in [0.25, 0.3) is 11.1 Å². The summed E-state index contributed by atoms with van der Waals surface area (Å²) in [6, 6.07) is 7.41. The zero-order chi connectivity index (χ0) is 13.8. The van der Waals surface area contributed by atoms with Crippen molar-refractivity contribution in [2.24, 2.45) is 0 Å². The molecule has 0 amide bonds. The molecule has 6 heteroatoms. The van der Waals surface area contributed by atoms with Crippen LogP contribution in [0.4, 0.5) is 5.82 Å². The first-order valence-electron chi connectivity index (χ1n) is 5.31. The van der Waals surface area contributed by atoms with Crippen LogP contribution in [0.1, 0.15) is 11.1 Å². The average Bonchev–Trinajstić information content (AvgIpc) is 2.46. The first-order chi connectivity index (χ1) is 9.22. The van der Waals surface area contributed by atoms with E-state index in [0.717, 1.165) is 0 Å². The third-order valence-electron chi connectivity index (χ3n) is 2.56. The molecule has 2 aromatic heterocycles. The van der Waals surface area contributed by atoms with Crippen molar-refractivity contribution in [3.8, 4) is 29.1 Å². The smallest absolute Gasteiger partial charge is 0.234 e. The minimum absolute atomic E-state index is 0.0252. The number of anilines is 1. The van der Waals surface area contributed by atoms with Gasteiger partial charge in [0.1, 0.15) is 29.1 Å². The van der Waals surface area contributed by atoms with Crippen molar-refractivity contribution in [3.63, 3.8) is 0 Å². The molecule has 6 nitrogen and oxygen atoms in total. The molecule has 0 fully saturated rings. The highest BCUT2D eigenvalue weighted by molar-refractivity contribution is 5.81. The van der Waals surface area contributed by atoms with Gasteiger partial charge in [-0.3, -0.25) is 4.98 Å². The van der Waals surface area contributed by atoms with E-state index in [-0.39, 0.29) is 22.8 Å². The molecule has 0 saturated carbocycles. The molecule has 92 valence electrons. The monoisotopic (exact) mass is 251 g/mol. The van der Waals surface area contributed by atoms with Gasteiger partial charge in [-0.2, -0.15) is 15.5 Å². The second kappa shape index (κ2) is 5.03. The molecule has 0 aliphatic heterocycles. The molecule has 0 radical (unpaired) electrons. The summed E-state index contributed by atoms with van der Waals surface area (Å²) >= 11 is 0. The molecule has 2 heterocycles. The van der Waals surface area contributed by atoms with Crippen molar-refractivity contribution in [1.82, 2.24) is 9.97 Å². The van der Waals surface area contributed by atoms with Gasteiger partial charge in [-0.25, -0.2) is 0 Å². The summed E-state index contributed by atoms with van der Waals surface area (Å²) in [4.78, 5) is 7.89. The predicted molar refractivity (Wildman–Crippen MR) is 67.9 cm³/mol. The number of nitriles is 2. The van der Waals surface area contributed by atoms with Crippen molar-refractivity contribution < 1.29 is 4.74 Å². The number of nitrogen functional groups attached to an aromatic ring is 1. The largest absolute Gasteiger partial charge is 0.480 e. The fourth-order valence-corrected chi connectivity index (χ4v) is 1.75. The molecule has 0 atom stereocenters. The Hall–Kier alpha value is -3.12. The van der Waals surface area contributed by atoms with Crippen LogP contribution in [0.15, 0.2) is 24.5 Å². The Balaban J connectivity index is 2.88. The number of hydrogen-bond acceptors (Lipinski definition) is 6. The molecule has 0 aliphatic carbocycles. The molecule has 0 bridgehead atoms. The predicted octanol–water partition coefficient (Wildman–Crippen LogP) is 1.48. The summed E-state index contributed by atoms with van der Waals surface area (Å²) < 4.78 is 5.04. The molecule has 0 unspecified atom stereocenters. The van der Waals surface area contributed by atoms with E-state index in [1.807, 2.05) is 12.1 Å². The highest BCUT2D eigenvalue weighted by Crippen LogP contribution is 2.34. The van der Waals surface area contributed by atoms with Gasteiger partial charge in [0.25, 0.3) is 0 Å². The van der Waals surface area contributed by atoms with Gasteiger partial charge >= 0.3 is 0 Å². The van der Waals surface area contributed by atoms with E-state index in [4.69, 9.17) is 10.5 Å². The highest BCUT2D eigenvalue weighted by atomic mass is 16.5. The Morgan fingerprint density at radius 2 is 2.00 bits per heavy atom. The van der Waals surface area contributed by atoms with Crippen LogP contribution in [-0.4, -0.2) is 17.1 Å². The molecule has 0 aromatic carbocycles. The summed E-state index contributed by atoms with van der Waals surface area (Å²) in [6.07, 6.45) is 3.15. The lowest BCUT2D eigenvalue weighted by Crippen LogP contribution is -2.04. The van der Waals surface area contributed by atoms with Crippen molar-refractivity contribution in [3.05, 3.63) is 35.7 Å². The normalized spacial score (nSPS) is 9.42. The third-order valence-corrected chi connectivity index (χ3v) is 2.56. The second-order valence-corrected chi connectivity index (χ2v) is 3.60. The Labute approximate surface area is 109 Å². The molecule has 2 rings (SSSR count). The second-order valence-electron chi connectivity index (χ2n) is 3.60. The molecule has 0 aliphatic rings. The maximum absolute atomic E-state index is 9.26. The number of rotatable bonds is 2. The fraction of sp³-hybridized carbons (Fsp3) is 0.0769. The zero-order valence-electron chi connectivity index (χ0n) is 10.1. The molecular weight excluding hydrogens is 242 g/mol. The van der Waals surface area contributed by atoms with Crippen LogP contribution in [0.3, 0.4) is 0 Å². The summed E-state index contributed by atoms with van der Waals surface area (Å²) in [5.41, 5.74) is 7.04.